The van der Waals surface area contributed by atoms with Crippen molar-refractivity contribution in [2.24, 2.45) is 0 Å². The van der Waals surface area contributed by atoms with Crippen LogP contribution in [0.5, 0.6) is 11.5 Å². The van der Waals surface area contributed by atoms with Crippen molar-refractivity contribution in [3.05, 3.63) is 59.2 Å². The van der Waals surface area contributed by atoms with Gasteiger partial charge in [0.05, 0.1) is 13.7 Å². The Hall–Kier alpha value is -3.22. The molecule has 0 aliphatic carbocycles. The summed E-state index contributed by atoms with van der Waals surface area (Å²) >= 11 is 0. The van der Waals surface area contributed by atoms with Crippen LogP contribution in [0.4, 0.5) is 4.79 Å². The lowest BCUT2D eigenvalue weighted by Gasteiger charge is -2.34. The van der Waals surface area contributed by atoms with Crippen molar-refractivity contribution in [3.8, 4) is 11.5 Å². The van der Waals surface area contributed by atoms with Crippen molar-refractivity contribution in [3.63, 3.8) is 0 Å². The van der Waals surface area contributed by atoms with Gasteiger partial charge in [-0.25, -0.2) is 4.79 Å². The number of amides is 2. The zero-order valence-corrected chi connectivity index (χ0v) is 20.2. The van der Waals surface area contributed by atoms with Crippen LogP contribution in [0.2, 0.25) is 0 Å². The standard InChI is InChI=1S/C26H34N2O5/c1-6-32-25(30)28-15-13-27(14-16-28)24(29)19-7-12-23(31-5)20(17-19)18-33-22-10-8-21(9-11-22)26(2,3)4/h7-12,17H,6,13-16,18H2,1-5H3. The molecule has 3 rings (SSSR count). The Bertz CT molecular complexity index is 958. The Kier molecular flexibility index (Phi) is 7.84. The molecule has 7 heteroatoms. The Morgan fingerprint density at radius 1 is 0.939 bits per heavy atom. The van der Waals surface area contributed by atoms with Gasteiger partial charge in [-0.05, 0) is 48.2 Å². The van der Waals surface area contributed by atoms with Gasteiger partial charge in [-0.15, -0.1) is 0 Å². The van der Waals surface area contributed by atoms with Gasteiger partial charge < -0.3 is 24.0 Å². The maximum atomic E-state index is 13.1. The smallest absolute Gasteiger partial charge is 0.409 e. The number of rotatable bonds is 6. The van der Waals surface area contributed by atoms with E-state index in [0.717, 1.165) is 11.3 Å². The number of piperazine rings is 1. The molecule has 0 radical (unpaired) electrons. The number of ether oxygens (including phenoxy) is 3. The van der Waals surface area contributed by atoms with Crippen LogP contribution in [0.25, 0.3) is 0 Å². The van der Waals surface area contributed by atoms with E-state index in [-0.39, 0.29) is 24.0 Å². The number of hydrogen-bond donors (Lipinski definition) is 0. The molecule has 1 aliphatic rings. The molecule has 7 nitrogen and oxygen atoms in total. The van der Waals surface area contributed by atoms with Crippen molar-refractivity contribution in [2.75, 3.05) is 39.9 Å². The molecular weight excluding hydrogens is 420 g/mol. The molecule has 33 heavy (non-hydrogen) atoms. The van der Waals surface area contributed by atoms with Gasteiger partial charge in [-0.1, -0.05) is 32.9 Å². The molecule has 0 unspecified atom stereocenters. The van der Waals surface area contributed by atoms with Crippen LogP contribution in [-0.2, 0) is 16.8 Å². The third-order valence-electron chi connectivity index (χ3n) is 5.73. The minimum absolute atomic E-state index is 0.0723. The van der Waals surface area contributed by atoms with Crippen LogP contribution < -0.4 is 9.47 Å². The lowest BCUT2D eigenvalue weighted by atomic mass is 9.87. The molecule has 1 aliphatic heterocycles. The molecular formula is C26H34N2O5. The van der Waals surface area contributed by atoms with E-state index in [1.807, 2.05) is 18.2 Å². The van der Waals surface area contributed by atoms with E-state index in [2.05, 4.69) is 32.9 Å². The number of methoxy groups -OCH3 is 1. The first kappa shape index (κ1) is 24.4. The van der Waals surface area contributed by atoms with Crippen LogP contribution in [0.3, 0.4) is 0 Å². The van der Waals surface area contributed by atoms with Crippen molar-refractivity contribution in [1.82, 2.24) is 9.80 Å². The first-order valence-electron chi connectivity index (χ1n) is 11.3. The third-order valence-corrected chi connectivity index (χ3v) is 5.73. The number of carbonyl (C=O) groups excluding carboxylic acids is 2. The average molecular weight is 455 g/mol. The van der Waals surface area contributed by atoms with Crippen LogP contribution in [0, 0.1) is 0 Å². The minimum Gasteiger partial charge on any atom is -0.496 e. The van der Waals surface area contributed by atoms with E-state index in [4.69, 9.17) is 14.2 Å². The Morgan fingerprint density at radius 2 is 1.58 bits per heavy atom. The highest BCUT2D eigenvalue weighted by atomic mass is 16.6. The van der Waals surface area contributed by atoms with E-state index in [1.54, 1.807) is 36.0 Å². The fourth-order valence-electron chi connectivity index (χ4n) is 3.73. The predicted molar refractivity (Wildman–Crippen MR) is 127 cm³/mol. The maximum Gasteiger partial charge on any atom is 0.409 e. The summed E-state index contributed by atoms with van der Waals surface area (Å²) in [6.07, 6.45) is -0.330. The molecule has 0 atom stereocenters. The van der Waals surface area contributed by atoms with Gasteiger partial charge >= 0.3 is 6.09 Å². The van der Waals surface area contributed by atoms with Gasteiger partial charge in [-0.2, -0.15) is 0 Å². The van der Waals surface area contributed by atoms with Gasteiger partial charge in [-0.3, -0.25) is 4.79 Å². The maximum absolute atomic E-state index is 13.1. The summed E-state index contributed by atoms with van der Waals surface area (Å²) in [6.45, 7) is 10.8. The fourth-order valence-corrected chi connectivity index (χ4v) is 3.73. The van der Waals surface area contributed by atoms with Crippen molar-refractivity contribution in [1.29, 1.82) is 0 Å². The molecule has 1 heterocycles. The van der Waals surface area contributed by atoms with Crippen LogP contribution >= 0.6 is 0 Å². The van der Waals surface area contributed by atoms with Crippen LogP contribution in [0.15, 0.2) is 42.5 Å². The Labute approximate surface area is 196 Å². The number of benzene rings is 2. The summed E-state index contributed by atoms with van der Waals surface area (Å²) in [5.41, 5.74) is 2.69. The molecule has 0 bridgehead atoms. The van der Waals surface area contributed by atoms with Crippen LogP contribution in [0.1, 0.15) is 49.2 Å². The molecule has 1 fully saturated rings. The molecule has 1 saturated heterocycles. The average Bonchev–Trinajstić information content (AvgIpc) is 2.82. The molecule has 2 amide bonds. The van der Waals surface area contributed by atoms with Crippen molar-refractivity contribution >= 4 is 12.0 Å². The topological polar surface area (TPSA) is 68.3 Å². The van der Waals surface area contributed by atoms with E-state index in [1.165, 1.54) is 5.56 Å². The summed E-state index contributed by atoms with van der Waals surface area (Å²) in [7, 11) is 1.60. The third kappa shape index (κ3) is 6.18. The number of nitrogens with zero attached hydrogens (tertiary/aromatic N) is 2. The largest absolute Gasteiger partial charge is 0.496 e. The predicted octanol–water partition coefficient (Wildman–Crippen LogP) is 4.49. The highest BCUT2D eigenvalue weighted by molar-refractivity contribution is 5.94. The monoisotopic (exact) mass is 454 g/mol. The van der Waals surface area contributed by atoms with E-state index < -0.39 is 0 Å². The van der Waals surface area contributed by atoms with Gasteiger partial charge in [0.15, 0.2) is 0 Å². The second-order valence-electron chi connectivity index (χ2n) is 9.07. The summed E-state index contributed by atoms with van der Waals surface area (Å²) in [6, 6.07) is 13.5. The molecule has 0 N–H and O–H groups in total. The molecule has 178 valence electrons. The second kappa shape index (κ2) is 10.6. The Morgan fingerprint density at radius 3 is 2.15 bits per heavy atom. The minimum atomic E-state index is -0.330. The molecule has 0 spiro atoms. The van der Waals surface area contributed by atoms with Crippen molar-refractivity contribution in [2.45, 2.75) is 39.7 Å². The summed E-state index contributed by atoms with van der Waals surface area (Å²) < 4.78 is 16.5. The lowest BCUT2D eigenvalue weighted by Crippen LogP contribution is -2.50. The summed E-state index contributed by atoms with van der Waals surface area (Å²) in [4.78, 5) is 28.3. The zero-order chi connectivity index (χ0) is 24.0. The Balaban J connectivity index is 1.65. The molecule has 0 aromatic heterocycles. The molecule has 0 saturated carbocycles. The van der Waals surface area contributed by atoms with E-state index in [9.17, 15) is 9.59 Å². The van der Waals surface area contributed by atoms with Crippen LogP contribution in [-0.4, -0.2) is 61.7 Å². The van der Waals surface area contributed by atoms with Crippen molar-refractivity contribution < 1.29 is 23.8 Å². The zero-order valence-electron chi connectivity index (χ0n) is 20.2. The second-order valence-corrected chi connectivity index (χ2v) is 9.07. The van der Waals surface area contributed by atoms with Gasteiger partial charge in [0.1, 0.15) is 18.1 Å². The highest BCUT2D eigenvalue weighted by Crippen LogP contribution is 2.26. The quantitative estimate of drug-likeness (QED) is 0.644. The highest BCUT2D eigenvalue weighted by Gasteiger charge is 2.26. The lowest BCUT2D eigenvalue weighted by molar-refractivity contribution is 0.0570. The molecule has 2 aromatic carbocycles. The van der Waals surface area contributed by atoms with Gasteiger partial charge in [0.2, 0.25) is 0 Å². The van der Waals surface area contributed by atoms with E-state index in [0.29, 0.717) is 44.1 Å². The van der Waals surface area contributed by atoms with Gasteiger partial charge in [0, 0.05) is 37.3 Å². The van der Waals surface area contributed by atoms with Gasteiger partial charge in [0.25, 0.3) is 5.91 Å². The summed E-state index contributed by atoms with van der Waals surface area (Å²) in [5, 5.41) is 0. The number of carbonyl (C=O) groups is 2. The van der Waals surface area contributed by atoms with E-state index >= 15 is 0 Å². The SMILES string of the molecule is CCOC(=O)N1CCN(C(=O)c2ccc(OC)c(COc3ccc(C(C)(C)C)cc3)c2)CC1. The summed E-state index contributed by atoms with van der Waals surface area (Å²) in [5.74, 6) is 1.36. The molecule has 2 aromatic rings. The first-order valence-corrected chi connectivity index (χ1v) is 11.3. The number of hydrogen-bond acceptors (Lipinski definition) is 5. The normalized spacial score (nSPS) is 14.1. The fraction of sp³-hybridized carbons (Fsp3) is 0.462. The first-order chi connectivity index (χ1) is 15.7.